The fraction of sp³-hybridized carbons (Fsp3) is 0.750. The largest absolute Gasteiger partial charge is 0.495 e. The lowest BCUT2D eigenvalue weighted by atomic mass is 10.2. The Hall–Kier alpha value is -0.580. The summed E-state index contributed by atoms with van der Waals surface area (Å²) in [5.74, 6) is 0.935. The molecule has 70 valence electrons. The number of hydrogen-bond donors (Lipinski definition) is 3. The Bertz CT molecular complexity index is 159. The van der Waals surface area contributed by atoms with Crippen molar-refractivity contribution in [1.82, 2.24) is 5.32 Å². The second-order valence-electron chi connectivity index (χ2n) is 2.88. The lowest BCUT2D eigenvalue weighted by Crippen LogP contribution is -2.31. The summed E-state index contributed by atoms with van der Waals surface area (Å²) in [6.45, 7) is 2.06. The standard InChI is InChI=1S/C8H16N2O2/c9-7-1-2-8(12-6-7)5-10-3-4-11/h2,7,10-11H,1,3-6,9H2/t7-/m1/s1. The van der Waals surface area contributed by atoms with Crippen LogP contribution >= 0.6 is 0 Å². The Labute approximate surface area is 72.4 Å². The molecular formula is C8H16N2O2. The number of nitrogens with two attached hydrogens (primary N) is 1. The number of aliphatic hydroxyl groups excluding tert-OH is 1. The molecule has 1 aliphatic heterocycles. The van der Waals surface area contributed by atoms with Crippen molar-refractivity contribution < 1.29 is 9.84 Å². The maximum absolute atomic E-state index is 8.50. The van der Waals surface area contributed by atoms with E-state index in [4.69, 9.17) is 15.6 Å². The molecule has 0 spiro atoms. The van der Waals surface area contributed by atoms with E-state index in [1.165, 1.54) is 0 Å². The van der Waals surface area contributed by atoms with Crippen LogP contribution in [-0.2, 0) is 4.74 Å². The molecule has 4 nitrogen and oxygen atoms in total. The van der Waals surface area contributed by atoms with Gasteiger partial charge in [0.15, 0.2) is 0 Å². The van der Waals surface area contributed by atoms with Crippen molar-refractivity contribution in [1.29, 1.82) is 0 Å². The van der Waals surface area contributed by atoms with Crippen LogP contribution in [0.25, 0.3) is 0 Å². The average molecular weight is 172 g/mol. The van der Waals surface area contributed by atoms with Crippen molar-refractivity contribution >= 4 is 0 Å². The van der Waals surface area contributed by atoms with E-state index in [0.29, 0.717) is 19.7 Å². The molecule has 0 amide bonds. The topological polar surface area (TPSA) is 67.5 Å². The van der Waals surface area contributed by atoms with Crippen LogP contribution in [0.5, 0.6) is 0 Å². The summed E-state index contributed by atoms with van der Waals surface area (Å²) in [5.41, 5.74) is 5.62. The van der Waals surface area contributed by atoms with E-state index in [0.717, 1.165) is 12.2 Å². The van der Waals surface area contributed by atoms with Crippen LogP contribution in [0.4, 0.5) is 0 Å². The fourth-order valence-corrected chi connectivity index (χ4v) is 1.04. The Morgan fingerprint density at radius 2 is 2.58 bits per heavy atom. The maximum Gasteiger partial charge on any atom is 0.106 e. The summed E-state index contributed by atoms with van der Waals surface area (Å²) in [6.07, 6.45) is 2.88. The maximum atomic E-state index is 8.50. The van der Waals surface area contributed by atoms with Crippen molar-refractivity contribution in [2.24, 2.45) is 5.73 Å². The van der Waals surface area contributed by atoms with Gasteiger partial charge in [-0.1, -0.05) is 0 Å². The monoisotopic (exact) mass is 172 g/mol. The van der Waals surface area contributed by atoms with Crippen LogP contribution in [0.3, 0.4) is 0 Å². The molecule has 0 aliphatic carbocycles. The predicted molar refractivity (Wildman–Crippen MR) is 46.6 cm³/mol. The molecule has 0 aromatic rings. The van der Waals surface area contributed by atoms with E-state index in [1.54, 1.807) is 0 Å². The SMILES string of the molecule is N[C@@H]1CC=C(CNCCO)OC1. The second-order valence-corrected chi connectivity index (χ2v) is 2.88. The van der Waals surface area contributed by atoms with Crippen LogP contribution < -0.4 is 11.1 Å². The Morgan fingerprint density at radius 1 is 1.75 bits per heavy atom. The highest BCUT2D eigenvalue weighted by Gasteiger charge is 2.09. The van der Waals surface area contributed by atoms with Gasteiger partial charge in [-0.2, -0.15) is 0 Å². The zero-order valence-corrected chi connectivity index (χ0v) is 7.12. The molecule has 1 atom stereocenters. The first kappa shape index (κ1) is 9.51. The van der Waals surface area contributed by atoms with Crippen molar-refractivity contribution in [3.8, 4) is 0 Å². The molecule has 0 bridgehead atoms. The van der Waals surface area contributed by atoms with Crippen molar-refractivity contribution in [3.05, 3.63) is 11.8 Å². The van der Waals surface area contributed by atoms with E-state index < -0.39 is 0 Å². The highest BCUT2D eigenvalue weighted by molar-refractivity contribution is 5.00. The Balaban J connectivity index is 2.15. The Morgan fingerprint density at radius 3 is 3.17 bits per heavy atom. The third kappa shape index (κ3) is 3.21. The summed E-state index contributed by atoms with van der Waals surface area (Å²) < 4.78 is 5.33. The molecule has 0 saturated heterocycles. The number of aliphatic hydroxyl groups is 1. The molecule has 0 aromatic heterocycles. The summed E-state index contributed by atoms with van der Waals surface area (Å²) in [5, 5.41) is 11.5. The molecule has 0 saturated carbocycles. The number of rotatable bonds is 4. The van der Waals surface area contributed by atoms with E-state index in [-0.39, 0.29) is 12.6 Å². The quantitative estimate of drug-likeness (QED) is 0.486. The van der Waals surface area contributed by atoms with Gasteiger partial charge in [-0.05, 0) is 12.5 Å². The summed E-state index contributed by atoms with van der Waals surface area (Å²) >= 11 is 0. The molecule has 4 N–H and O–H groups in total. The number of hydrogen-bond acceptors (Lipinski definition) is 4. The molecule has 12 heavy (non-hydrogen) atoms. The van der Waals surface area contributed by atoms with Crippen LogP contribution in [0.2, 0.25) is 0 Å². The minimum absolute atomic E-state index is 0.145. The minimum atomic E-state index is 0.145. The van der Waals surface area contributed by atoms with E-state index in [9.17, 15) is 0 Å². The zero-order valence-electron chi connectivity index (χ0n) is 7.12. The molecular weight excluding hydrogens is 156 g/mol. The molecule has 1 rings (SSSR count). The summed E-state index contributed by atoms with van der Waals surface area (Å²) in [4.78, 5) is 0. The highest BCUT2D eigenvalue weighted by Crippen LogP contribution is 2.07. The number of nitrogens with one attached hydrogen (secondary N) is 1. The predicted octanol–water partition coefficient (Wildman–Crippen LogP) is -0.800. The molecule has 1 heterocycles. The number of ether oxygens (including phenoxy) is 1. The van der Waals surface area contributed by atoms with E-state index in [2.05, 4.69) is 5.32 Å². The van der Waals surface area contributed by atoms with Gasteiger partial charge >= 0.3 is 0 Å². The van der Waals surface area contributed by atoms with Crippen LogP contribution in [0, 0.1) is 0 Å². The van der Waals surface area contributed by atoms with E-state index >= 15 is 0 Å². The van der Waals surface area contributed by atoms with Gasteiger partial charge in [0.05, 0.1) is 13.2 Å². The smallest absolute Gasteiger partial charge is 0.106 e. The van der Waals surface area contributed by atoms with Crippen molar-refractivity contribution in [3.63, 3.8) is 0 Å². The van der Waals surface area contributed by atoms with Crippen LogP contribution in [0.15, 0.2) is 11.8 Å². The zero-order chi connectivity index (χ0) is 8.81. The third-order valence-electron chi connectivity index (χ3n) is 1.72. The first-order valence-electron chi connectivity index (χ1n) is 4.22. The molecule has 0 fully saturated rings. The summed E-state index contributed by atoms with van der Waals surface area (Å²) in [6, 6.07) is 0.145. The van der Waals surface area contributed by atoms with E-state index in [1.807, 2.05) is 6.08 Å². The van der Waals surface area contributed by atoms with Crippen LogP contribution in [0.1, 0.15) is 6.42 Å². The van der Waals surface area contributed by atoms with Crippen LogP contribution in [-0.4, -0.2) is 37.5 Å². The molecule has 1 aliphatic rings. The average Bonchev–Trinajstić information content (AvgIpc) is 2.09. The first-order valence-corrected chi connectivity index (χ1v) is 4.22. The second kappa shape index (κ2) is 5.13. The lowest BCUT2D eigenvalue weighted by molar-refractivity contribution is 0.169. The lowest BCUT2D eigenvalue weighted by Gasteiger charge is -2.19. The van der Waals surface area contributed by atoms with Gasteiger partial charge in [0.1, 0.15) is 12.4 Å². The van der Waals surface area contributed by atoms with Crippen molar-refractivity contribution in [2.45, 2.75) is 12.5 Å². The summed E-state index contributed by atoms with van der Waals surface area (Å²) in [7, 11) is 0. The molecule has 0 aromatic carbocycles. The van der Waals surface area contributed by atoms with Gasteiger partial charge in [0, 0.05) is 12.6 Å². The van der Waals surface area contributed by atoms with Gasteiger partial charge in [-0.3, -0.25) is 0 Å². The van der Waals surface area contributed by atoms with Crippen molar-refractivity contribution in [2.75, 3.05) is 26.3 Å². The van der Waals surface area contributed by atoms with Gasteiger partial charge in [0.25, 0.3) is 0 Å². The Kier molecular flexibility index (Phi) is 4.07. The normalized spacial score (nSPS) is 23.2. The van der Waals surface area contributed by atoms with Gasteiger partial charge in [-0.15, -0.1) is 0 Å². The van der Waals surface area contributed by atoms with Gasteiger partial charge < -0.3 is 20.9 Å². The fourth-order valence-electron chi connectivity index (χ4n) is 1.04. The highest BCUT2D eigenvalue weighted by atomic mass is 16.5. The minimum Gasteiger partial charge on any atom is -0.495 e. The molecule has 0 radical (unpaired) electrons. The third-order valence-corrected chi connectivity index (χ3v) is 1.72. The first-order chi connectivity index (χ1) is 5.83. The van der Waals surface area contributed by atoms with Gasteiger partial charge in [0.2, 0.25) is 0 Å². The molecule has 0 unspecified atom stereocenters. The van der Waals surface area contributed by atoms with Gasteiger partial charge in [-0.25, -0.2) is 0 Å². The molecule has 4 heteroatoms.